The molecule has 5 rings (SSSR count). The molecule has 3 N–H and O–H groups in total. The summed E-state index contributed by atoms with van der Waals surface area (Å²) in [6, 6.07) is 12.2. The van der Waals surface area contributed by atoms with Crippen LogP contribution in [0.15, 0.2) is 48.5 Å². The van der Waals surface area contributed by atoms with E-state index in [0.29, 0.717) is 41.6 Å². The van der Waals surface area contributed by atoms with Gasteiger partial charge < -0.3 is 30.1 Å². The van der Waals surface area contributed by atoms with Crippen LogP contribution in [0.5, 0.6) is 5.75 Å². The first-order valence-electron chi connectivity index (χ1n) is 13.4. The minimum atomic E-state index is -1.18. The van der Waals surface area contributed by atoms with Crippen molar-refractivity contribution in [3.63, 3.8) is 0 Å². The van der Waals surface area contributed by atoms with Crippen molar-refractivity contribution < 1.29 is 29.0 Å². The fourth-order valence-electron chi connectivity index (χ4n) is 6.46. The number of aliphatic hydroxyl groups is 1. The Balaban J connectivity index is 1.47. The third-order valence-corrected chi connectivity index (χ3v) is 8.50. The van der Waals surface area contributed by atoms with Gasteiger partial charge in [-0.1, -0.05) is 37.6 Å². The molecule has 3 amide bonds. The number of nitrogens with one attached hydrogen (secondary N) is 2. The minimum absolute atomic E-state index is 0.141. The highest BCUT2D eigenvalue weighted by atomic mass is 35.5. The monoisotopic (exact) mass is 555 g/mol. The molecule has 3 aliphatic rings. The molecule has 10 heteroatoms. The number of amides is 3. The maximum Gasteiger partial charge on any atom is 0.250 e. The van der Waals surface area contributed by atoms with Crippen molar-refractivity contribution in [3.8, 4) is 5.75 Å². The largest absolute Gasteiger partial charge is 0.494 e. The first-order chi connectivity index (χ1) is 18.7. The molecule has 0 radical (unpaired) electrons. The second-order valence-corrected chi connectivity index (χ2v) is 11.1. The van der Waals surface area contributed by atoms with Crippen LogP contribution in [0.2, 0.25) is 5.02 Å². The van der Waals surface area contributed by atoms with E-state index in [1.807, 2.05) is 20.8 Å². The van der Waals surface area contributed by atoms with Gasteiger partial charge in [-0.25, -0.2) is 0 Å². The predicted octanol–water partition coefficient (Wildman–Crippen LogP) is 3.71. The first-order valence-corrected chi connectivity index (χ1v) is 13.8. The molecule has 2 unspecified atom stereocenters. The Hall–Kier alpha value is -3.14. The van der Waals surface area contributed by atoms with Crippen LogP contribution in [0.3, 0.4) is 0 Å². The molecule has 208 valence electrons. The second-order valence-electron chi connectivity index (χ2n) is 10.7. The minimum Gasteiger partial charge on any atom is -0.494 e. The lowest BCUT2D eigenvalue weighted by Crippen LogP contribution is -2.57. The van der Waals surface area contributed by atoms with Gasteiger partial charge in [-0.05, 0) is 62.1 Å². The van der Waals surface area contributed by atoms with Crippen molar-refractivity contribution in [2.75, 3.05) is 23.8 Å². The van der Waals surface area contributed by atoms with E-state index in [1.165, 1.54) is 4.90 Å². The van der Waals surface area contributed by atoms with Crippen LogP contribution in [0.4, 0.5) is 11.4 Å². The van der Waals surface area contributed by atoms with Crippen molar-refractivity contribution in [1.29, 1.82) is 0 Å². The Morgan fingerprint density at radius 3 is 2.51 bits per heavy atom. The summed E-state index contributed by atoms with van der Waals surface area (Å²) in [5, 5.41) is 16.5. The van der Waals surface area contributed by atoms with Gasteiger partial charge in [0.1, 0.15) is 17.4 Å². The van der Waals surface area contributed by atoms with Crippen molar-refractivity contribution in [2.45, 2.75) is 57.4 Å². The molecule has 3 aliphatic heterocycles. The lowest BCUT2D eigenvalue weighted by molar-refractivity contribution is -0.144. The number of fused-ring (bicyclic) bond motifs is 1. The number of carbonyl (C=O) groups is 3. The molecule has 1 spiro atoms. The average Bonchev–Trinajstić information content (AvgIpc) is 3.55. The third-order valence-electron chi connectivity index (χ3n) is 8.17. The van der Waals surface area contributed by atoms with E-state index in [0.717, 1.165) is 0 Å². The zero-order chi connectivity index (χ0) is 27.9. The van der Waals surface area contributed by atoms with E-state index in [4.69, 9.17) is 21.1 Å². The topological polar surface area (TPSA) is 117 Å². The fraction of sp³-hybridized carbons (Fsp3) is 0.483. The van der Waals surface area contributed by atoms with E-state index in [2.05, 4.69) is 10.6 Å². The highest BCUT2D eigenvalue weighted by Crippen LogP contribution is 2.59. The summed E-state index contributed by atoms with van der Waals surface area (Å²) >= 11 is 6.31. The fourth-order valence-corrected chi connectivity index (χ4v) is 6.64. The second kappa shape index (κ2) is 10.8. The van der Waals surface area contributed by atoms with Crippen molar-refractivity contribution in [1.82, 2.24) is 4.90 Å². The Morgan fingerprint density at radius 2 is 1.87 bits per heavy atom. The first kappa shape index (κ1) is 27.4. The van der Waals surface area contributed by atoms with Crippen molar-refractivity contribution >= 4 is 40.7 Å². The predicted molar refractivity (Wildman–Crippen MR) is 146 cm³/mol. The Kier molecular flexibility index (Phi) is 7.59. The van der Waals surface area contributed by atoms with Crippen molar-refractivity contribution in [3.05, 3.63) is 53.6 Å². The summed E-state index contributed by atoms with van der Waals surface area (Å²) in [6.45, 7) is 5.88. The Morgan fingerprint density at radius 1 is 1.15 bits per heavy atom. The number of para-hydroxylation sites is 1. The molecule has 0 saturated carbocycles. The molecule has 2 bridgehead atoms. The lowest BCUT2D eigenvalue weighted by atomic mass is 9.70. The number of halogens is 1. The highest BCUT2D eigenvalue weighted by molar-refractivity contribution is 6.33. The lowest BCUT2D eigenvalue weighted by Gasteiger charge is -2.38. The van der Waals surface area contributed by atoms with Crippen LogP contribution in [0.1, 0.15) is 33.6 Å². The van der Waals surface area contributed by atoms with Gasteiger partial charge in [-0.2, -0.15) is 0 Å². The highest BCUT2D eigenvalue weighted by Gasteiger charge is 2.75. The number of anilines is 2. The number of benzene rings is 2. The number of aliphatic hydroxyl groups excluding tert-OH is 1. The number of ether oxygens (including phenoxy) is 2. The SMILES string of the molecule is CCOc1ccc(NC(=O)[C@@H]2[C@H]3C(=O)N([C@@H](CO)C(C)C)C(C(=O)Nc4ccccc4Cl)C34CC[C@H]2O4)cc1. The summed E-state index contributed by atoms with van der Waals surface area (Å²) in [5.41, 5.74) is -0.194. The zero-order valence-electron chi connectivity index (χ0n) is 22.2. The standard InChI is InChI=1S/C29H34ClN3O6/c1-4-38-18-11-9-17(10-12-18)31-26(35)23-22-13-14-29(39-22)24(23)28(37)33(21(15-34)16(2)3)25(29)27(36)32-20-8-6-5-7-19(20)30/h5-12,16,21-25,34H,4,13-15H2,1-3H3,(H,31,35)(H,32,36)/t21-,22+,23-,24-,25?,29?/m0/s1. The molecule has 0 aromatic heterocycles. The summed E-state index contributed by atoms with van der Waals surface area (Å²) in [5.74, 6) is -2.21. The van der Waals surface area contributed by atoms with Gasteiger partial charge in [0.25, 0.3) is 0 Å². The van der Waals surface area contributed by atoms with E-state index in [1.54, 1.807) is 48.5 Å². The zero-order valence-corrected chi connectivity index (χ0v) is 23.0. The molecule has 0 aliphatic carbocycles. The van der Waals surface area contributed by atoms with E-state index >= 15 is 0 Å². The number of carbonyl (C=O) groups excluding carboxylic acids is 3. The van der Waals surface area contributed by atoms with Gasteiger partial charge in [0.05, 0.1) is 47.9 Å². The van der Waals surface area contributed by atoms with Crippen molar-refractivity contribution in [2.24, 2.45) is 17.8 Å². The van der Waals surface area contributed by atoms with Gasteiger partial charge in [0.15, 0.2) is 0 Å². The molecular formula is C29H34ClN3O6. The van der Waals surface area contributed by atoms with E-state index < -0.39 is 41.5 Å². The van der Waals surface area contributed by atoms with Gasteiger partial charge >= 0.3 is 0 Å². The third kappa shape index (κ3) is 4.66. The molecule has 3 fully saturated rings. The van der Waals surface area contributed by atoms with E-state index in [9.17, 15) is 19.5 Å². The molecule has 2 aromatic carbocycles. The van der Waals surface area contributed by atoms with Crippen LogP contribution in [-0.4, -0.2) is 64.7 Å². The molecule has 2 aromatic rings. The summed E-state index contributed by atoms with van der Waals surface area (Å²) in [4.78, 5) is 43.1. The maximum atomic E-state index is 14.1. The molecule has 9 nitrogen and oxygen atoms in total. The summed E-state index contributed by atoms with van der Waals surface area (Å²) in [7, 11) is 0. The number of nitrogens with zero attached hydrogens (tertiary/aromatic N) is 1. The average molecular weight is 556 g/mol. The Bertz CT molecular complexity index is 1250. The smallest absolute Gasteiger partial charge is 0.250 e. The molecule has 39 heavy (non-hydrogen) atoms. The van der Waals surface area contributed by atoms with Gasteiger partial charge in [-0.3, -0.25) is 14.4 Å². The van der Waals surface area contributed by atoms with Gasteiger partial charge in [-0.15, -0.1) is 0 Å². The van der Waals surface area contributed by atoms with Crippen LogP contribution in [0.25, 0.3) is 0 Å². The van der Waals surface area contributed by atoms with Gasteiger partial charge in [0, 0.05) is 5.69 Å². The molecule has 3 saturated heterocycles. The summed E-state index contributed by atoms with van der Waals surface area (Å²) < 4.78 is 11.9. The molecule has 3 heterocycles. The summed E-state index contributed by atoms with van der Waals surface area (Å²) in [6.07, 6.45) is 0.500. The molecular weight excluding hydrogens is 522 g/mol. The normalized spacial score (nSPS) is 27.9. The molecule has 6 atom stereocenters. The number of likely N-dealkylation sites (tertiary alicyclic amines) is 1. The quantitative estimate of drug-likeness (QED) is 0.434. The maximum absolute atomic E-state index is 14.1. The Labute approximate surface area is 232 Å². The van der Waals surface area contributed by atoms with Crippen LogP contribution >= 0.6 is 11.6 Å². The van der Waals surface area contributed by atoms with E-state index in [-0.39, 0.29) is 24.3 Å². The van der Waals surface area contributed by atoms with Gasteiger partial charge in [0.2, 0.25) is 17.7 Å². The number of rotatable bonds is 9. The van der Waals surface area contributed by atoms with Crippen LogP contribution in [-0.2, 0) is 19.1 Å². The number of hydrogen-bond acceptors (Lipinski definition) is 6. The number of hydrogen-bond donors (Lipinski definition) is 3. The van der Waals surface area contributed by atoms with Crippen LogP contribution in [0, 0.1) is 17.8 Å². The van der Waals surface area contributed by atoms with Crippen LogP contribution < -0.4 is 15.4 Å².